The molecule has 0 aliphatic rings. The first kappa shape index (κ1) is 37.3. The summed E-state index contributed by atoms with van der Waals surface area (Å²) in [6.07, 6.45) is 8.44. The van der Waals surface area contributed by atoms with E-state index in [9.17, 15) is 0 Å². The zero-order valence-electron chi connectivity index (χ0n) is 33.6. The highest BCUT2D eigenvalue weighted by molar-refractivity contribution is 5.83. The van der Waals surface area contributed by atoms with Gasteiger partial charge < -0.3 is 8.83 Å². The molecule has 0 spiro atoms. The number of fused-ring (bicyclic) bond motifs is 2. The quantitative estimate of drug-likeness (QED) is 0.120. The zero-order chi connectivity index (χ0) is 37.6. The minimum absolute atomic E-state index is 0.0184. The molecule has 0 aliphatic carbocycles. The van der Waals surface area contributed by atoms with Gasteiger partial charge in [0.1, 0.15) is 11.0 Å². The molecule has 272 valence electrons. The van der Waals surface area contributed by atoms with Crippen molar-refractivity contribution in [3.63, 3.8) is 0 Å². The molecule has 0 saturated carbocycles. The standard InChI is InChI=1S/C48H58N2O2/c1-13-45(5,6)35-27-37(47(9,10)15-3)41-39(29-35)49-43(51-41)33-23-19-31(20-24-33)17-18-32-21-25-34(26-22-32)44-50-40-30-36(46(7,8)14-2)28-38(42(40)52-44)48(11,12)16-4/h17-30H,13-16H2,1-12H3. The van der Waals surface area contributed by atoms with E-state index >= 15 is 0 Å². The first-order valence-corrected chi connectivity index (χ1v) is 19.3. The monoisotopic (exact) mass is 694 g/mol. The fourth-order valence-electron chi connectivity index (χ4n) is 6.55. The van der Waals surface area contributed by atoms with E-state index in [0.29, 0.717) is 11.8 Å². The SMILES string of the molecule is CCC(C)(C)c1cc(C(C)(C)CC)c2oc(-c3ccc(C=Cc4ccc(-c5nc6cc(C(C)(C)CC)cc(C(C)(C)CC)c6o5)cc4)cc3)nc2c1. The van der Waals surface area contributed by atoms with E-state index in [1.807, 2.05) is 0 Å². The summed E-state index contributed by atoms with van der Waals surface area (Å²) in [6, 6.07) is 26.1. The minimum Gasteiger partial charge on any atom is -0.436 e. The molecule has 0 atom stereocenters. The Bertz CT molecular complexity index is 2060. The lowest BCUT2D eigenvalue weighted by molar-refractivity contribution is 0.484. The van der Waals surface area contributed by atoms with Crippen molar-refractivity contribution in [3.8, 4) is 22.9 Å². The number of benzene rings is 4. The Labute approximate surface area is 311 Å². The highest BCUT2D eigenvalue weighted by Gasteiger charge is 2.30. The third-order valence-corrected chi connectivity index (χ3v) is 12.3. The van der Waals surface area contributed by atoms with E-state index in [1.165, 1.54) is 22.3 Å². The molecule has 0 N–H and O–H groups in total. The van der Waals surface area contributed by atoms with Crippen LogP contribution in [0.15, 0.2) is 81.6 Å². The van der Waals surface area contributed by atoms with Crippen LogP contribution >= 0.6 is 0 Å². The zero-order valence-corrected chi connectivity index (χ0v) is 33.6. The number of aromatic nitrogens is 2. The second-order valence-corrected chi connectivity index (χ2v) is 17.3. The van der Waals surface area contributed by atoms with Crippen molar-refractivity contribution in [2.45, 2.75) is 130 Å². The van der Waals surface area contributed by atoms with Gasteiger partial charge in [-0.05, 0) is 106 Å². The maximum Gasteiger partial charge on any atom is 0.227 e. The molecular formula is C48H58N2O2. The van der Waals surface area contributed by atoms with Crippen molar-refractivity contribution >= 4 is 34.4 Å². The van der Waals surface area contributed by atoms with E-state index in [4.69, 9.17) is 18.8 Å². The Morgan fingerprint density at radius 2 is 0.788 bits per heavy atom. The molecule has 4 aromatic carbocycles. The summed E-state index contributed by atoms with van der Waals surface area (Å²) >= 11 is 0. The first-order valence-electron chi connectivity index (χ1n) is 19.3. The molecule has 2 aromatic heterocycles. The lowest BCUT2D eigenvalue weighted by atomic mass is 9.76. The second-order valence-electron chi connectivity index (χ2n) is 17.3. The molecule has 0 bridgehead atoms. The van der Waals surface area contributed by atoms with Gasteiger partial charge in [0.2, 0.25) is 11.8 Å². The fourth-order valence-corrected chi connectivity index (χ4v) is 6.55. The van der Waals surface area contributed by atoms with Crippen LogP contribution in [-0.2, 0) is 21.7 Å². The average Bonchev–Trinajstić information content (AvgIpc) is 3.78. The van der Waals surface area contributed by atoms with Crippen LogP contribution in [0.3, 0.4) is 0 Å². The van der Waals surface area contributed by atoms with Crippen LogP contribution in [-0.4, -0.2) is 9.97 Å². The molecule has 0 radical (unpaired) electrons. The van der Waals surface area contributed by atoms with Gasteiger partial charge >= 0.3 is 0 Å². The van der Waals surface area contributed by atoms with Gasteiger partial charge in [0.05, 0.1) is 0 Å². The van der Waals surface area contributed by atoms with Gasteiger partial charge in [0.25, 0.3) is 0 Å². The third kappa shape index (κ3) is 7.14. The molecule has 0 saturated heterocycles. The van der Waals surface area contributed by atoms with Crippen molar-refractivity contribution in [1.82, 2.24) is 9.97 Å². The molecule has 2 heterocycles. The normalized spacial score (nSPS) is 13.2. The molecule has 52 heavy (non-hydrogen) atoms. The highest BCUT2D eigenvalue weighted by atomic mass is 16.4. The molecule has 0 unspecified atom stereocenters. The Morgan fingerprint density at radius 3 is 1.10 bits per heavy atom. The van der Waals surface area contributed by atoms with Crippen LogP contribution in [0, 0.1) is 0 Å². The first-order chi connectivity index (χ1) is 24.5. The Morgan fingerprint density at radius 1 is 0.462 bits per heavy atom. The molecule has 4 heteroatoms. The topological polar surface area (TPSA) is 52.1 Å². The van der Waals surface area contributed by atoms with E-state index in [2.05, 4.69) is 168 Å². The van der Waals surface area contributed by atoms with Gasteiger partial charge in [-0.3, -0.25) is 0 Å². The summed E-state index contributed by atoms with van der Waals surface area (Å²) in [6.45, 7) is 27.4. The Balaban J connectivity index is 1.24. The number of rotatable bonds is 12. The lowest BCUT2D eigenvalue weighted by Crippen LogP contribution is -2.20. The lowest BCUT2D eigenvalue weighted by Gasteiger charge is -2.28. The number of hydrogen-bond acceptors (Lipinski definition) is 4. The number of hydrogen-bond donors (Lipinski definition) is 0. The summed E-state index contributed by atoms with van der Waals surface area (Å²) in [5.74, 6) is 1.33. The molecule has 4 nitrogen and oxygen atoms in total. The van der Waals surface area contributed by atoms with Crippen LogP contribution in [0.4, 0.5) is 0 Å². The van der Waals surface area contributed by atoms with Crippen molar-refractivity contribution in [3.05, 3.63) is 106 Å². The summed E-state index contributed by atoms with van der Waals surface area (Å²) in [5.41, 5.74) is 13.0. The van der Waals surface area contributed by atoms with Gasteiger partial charge in [0, 0.05) is 22.3 Å². The van der Waals surface area contributed by atoms with Gasteiger partial charge in [-0.15, -0.1) is 0 Å². The number of oxazole rings is 2. The molecular weight excluding hydrogens is 637 g/mol. The van der Waals surface area contributed by atoms with Gasteiger partial charge in [-0.25, -0.2) is 9.97 Å². The van der Waals surface area contributed by atoms with Crippen molar-refractivity contribution in [2.24, 2.45) is 0 Å². The maximum absolute atomic E-state index is 6.52. The van der Waals surface area contributed by atoms with Crippen LogP contribution in [0.5, 0.6) is 0 Å². The van der Waals surface area contributed by atoms with Crippen molar-refractivity contribution in [1.29, 1.82) is 0 Å². The maximum atomic E-state index is 6.52. The molecule has 0 aliphatic heterocycles. The Hall–Kier alpha value is -4.44. The second kappa shape index (κ2) is 13.8. The van der Waals surface area contributed by atoms with E-state index in [-0.39, 0.29) is 21.7 Å². The van der Waals surface area contributed by atoms with E-state index < -0.39 is 0 Å². The molecule has 6 rings (SSSR count). The van der Waals surface area contributed by atoms with E-state index in [1.54, 1.807) is 0 Å². The van der Waals surface area contributed by atoms with Crippen LogP contribution in [0.2, 0.25) is 0 Å². The van der Waals surface area contributed by atoms with Gasteiger partial charge in [0.15, 0.2) is 11.2 Å². The van der Waals surface area contributed by atoms with Crippen LogP contribution in [0.25, 0.3) is 57.3 Å². The highest BCUT2D eigenvalue weighted by Crippen LogP contribution is 2.41. The fraction of sp³-hybridized carbons (Fsp3) is 0.417. The molecule has 0 amide bonds. The van der Waals surface area contributed by atoms with Crippen molar-refractivity contribution in [2.75, 3.05) is 0 Å². The smallest absolute Gasteiger partial charge is 0.227 e. The van der Waals surface area contributed by atoms with Gasteiger partial charge in [-0.2, -0.15) is 0 Å². The summed E-state index contributed by atoms with van der Waals surface area (Å²) < 4.78 is 13.0. The third-order valence-electron chi connectivity index (χ3n) is 12.3. The predicted octanol–water partition coefficient (Wildman–Crippen LogP) is 14.2. The Kier molecular flexibility index (Phi) is 9.93. The average molecular weight is 695 g/mol. The van der Waals surface area contributed by atoms with Crippen LogP contribution < -0.4 is 0 Å². The van der Waals surface area contributed by atoms with Gasteiger partial charge in [-0.1, -0.05) is 132 Å². The molecule has 0 fully saturated rings. The summed E-state index contributed by atoms with van der Waals surface area (Å²) in [5, 5.41) is 0. The van der Waals surface area contributed by atoms with E-state index in [0.717, 1.165) is 70.1 Å². The predicted molar refractivity (Wildman–Crippen MR) is 221 cm³/mol. The summed E-state index contributed by atoms with van der Waals surface area (Å²) in [4.78, 5) is 10.0. The van der Waals surface area contributed by atoms with Crippen molar-refractivity contribution < 1.29 is 8.83 Å². The molecule has 6 aromatic rings. The largest absolute Gasteiger partial charge is 0.436 e. The summed E-state index contributed by atoms with van der Waals surface area (Å²) in [7, 11) is 0. The number of nitrogens with zero attached hydrogens (tertiary/aromatic N) is 2. The van der Waals surface area contributed by atoms with Crippen LogP contribution in [0.1, 0.15) is 142 Å². The minimum atomic E-state index is -0.0184.